The van der Waals surface area contributed by atoms with Crippen LogP contribution in [0.4, 0.5) is 13.2 Å². The highest BCUT2D eigenvalue weighted by Gasteiger charge is 2.42. The van der Waals surface area contributed by atoms with Crippen molar-refractivity contribution in [2.75, 3.05) is 0 Å². The molecule has 0 aliphatic heterocycles. The average molecular weight is 306 g/mol. The Morgan fingerprint density at radius 3 is 1.80 bits per heavy atom. The normalized spacial score (nSPS) is 12.0. The zero-order valence-electron chi connectivity index (χ0n) is 9.88. The van der Waals surface area contributed by atoms with Crippen molar-refractivity contribution in [2.45, 2.75) is 13.1 Å². The van der Waals surface area contributed by atoms with Crippen LogP contribution in [0.3, 0.4) is 0 Å². The van der Waals surface area contributed by atoms with Crippen LogP contribution < -0.4 is 10.9 Å². The molecule has 106 valence electrons. The predicted molar refractivity (Wildman–Crippen MR) is 66.8 cm³/mol. The third-order valence-electron chi connectivity index (χ3n) is 2.85. The molecule has 1 aromatic heterocycles. The Balaban J connectivity index is 3.02. The fraction of sp³-hybridized carbons (Fsp3) is 0.250. The number of aromatic nitrogens is 2. The minimum absolute atomic E-state index is 0.196. The molecule has 0 fully saturated rings. The maximum Gasteiger partial charge on any atom is 0.491 e. The van der Waals surface area contributed by atoms with E-state index in [1.807, 2.05) is 0 Å². The first-order chi connectivity index (χ1) is 9.16. The largest absolute Gasteiger partial charge is 0.491 e. The summed E-state index contributed by atoms with van der Waals surface area (Å²) in [5.74, 6) is 0. The second-order valence-electron chi connectivity index (χ2n) is 4.03. The van der Waals surface area contributed by atoms with Crippen LogP contribution in [-0.2, 0) is 6.18 Å². The number of alkyl halides is 3. The summed E-state index contributed by atoms with van der Waals surface area (Å²) < 4.78 is 46.6. The van der Waals surface area contributed by atoms with E-state index in [1.165, 1.54) is 0 Å². The molecule has 0 bridgehead atoms. The summed E-state index contributed by atoms with van der Waals surface area (Å²) in [6.45, 7) is 1.00. The molecule has 0 saturated heterocycles. The first kappa shape index (κ1) is 15.2. The molecule has 0 saturated carbocycles. The molecule has 1 heterocycles. The first-order valence-electron chi connectivity index (χ1n) is 5.24. The van der Waals surface area contributed by atoms with Crippen molar-refractivity contribution in [1.29, 1.82) is 0 Å². The summed E-state index contributed by atoms with van der Waals surface area (Å²) >= 11 is 0.532. The van der Waals surface area contributed by atoms with Gasteiger partial charge < -0.3 is 20.1 Å². The number of hydrogen-bond acceptors (Lipinski definition) is 7. The van der Waals surface area contributed by atoms with Gasteiger partial charge in [0, 0.05) is 10.9 Å². The van der Waals surface area contributed by atoms with Gasteiger partial charge in [0.1, 0.15) is 11.0 Å². The van der Waals surface area contributed by atoms with Crippen LogP contribution in [0.1, 0.15) is 11.1 Å². The van der Waals surface area contributed by atoms with Crippen LogP contribution in [0.2, 0.25) is 0 Å². The zero-order valence-corrected chi connectivity index (χ0v) is 10.7. The van der Waals surface area contributed by atoms with E-state index in [0.717, 1.165) is 6.92 Å². The SMILES string of the molecule is Cc1c(C(F)(F)F)c(B(O)O)c2nsnc2c1B(O)O. The lowest BCUT2D eigenvalue weighted by Gasteiger charge is -2.18. The Labute approximate surface area is 115 Å². The summed E-state index contributed by atoms with van der Waals surface area (Å²) in [5, 5.41) is 36.9. The van der Waals surface area contributed by atoms with Crippen molar-refractivity contribution in [2.24, 2.45) is 0 Å². The Bertz CT molecular complexity index is 661. The zero-order chi connectivity index (χ0) is 15.2. The maximum absolute atomic E-state index is 13.1. The second kappa shape index (κ2) is 4.97. The van der Waals surface area contributed by atoms with E-state index in [0.29, 0.717) is 11.7 Å². The van der Waals surface area contributed by atoms with Crippen LogP contribution in [-0.4, -0.2) is 43.1 Å². The average Bonchev–Trinajstić information content (AvgIpc) is 2.72. The number of hydrogen-bond donors (Lipinski definition) is 4. The molecular formula is C8H7B2F3N2O4S. The molecule has 0 unspecified atom stereocenters. The van der Waals surface area contributed by atoms with E-state index < -0.39 is 48.0 Å². The minimum Gasteiger partial charge on any atom is -0.423 e. The number of fused-ring (bicyclic) bond motifs is 1. The molecule has 0 spiro atoms. The molecule has 1 aromatic carbocycles. The summed E-state index contributed by atoms with van der Waals surface area (Å²) in [4.78, 5) is 0. The van der Waals surface area contributed by atoms with Crippen molar-refractivity contribution in [1.82, 2.24) is 8.75 Å². The molecule has 4 N–H and O–H groups in total. The summed E-state index contributed by atoms with van der Waals surface area (Å²) in [5.41, 5.74) is -3.79. The highest BCUT2D eigenvalue weighted by Crippen LogP contribution is 2.32. The molecule has 0 aliphatic rings. The van der Waals surface area contributed by atoms with Crippen LogP contribution in [0, 0.1) is 6.92 Å². The van der Waals surface area contributed by atoms with Gasteiger partial charge in [-0.05, 0) is 12.5 Å². The van der Waals surface area contributed by atoms with Gasteiger partial charge in [-0.2, -0.15) is 21.9 Å². The van der Waals surface area contributed by atoms with Crippen LogP contribution in [0.25, 0.3) is 11.0 Å². The summed E-state index contributed by atoms with van der Waals surface area (Å²) in [6.07, 6.45) is -4.91. The van der Waals surface area contributed by atoms with Gasteiger partial charge in [-0.15, -0.1) is 0 Å². The number of benzene rings is 1. The Hall–Kier alpha value is -1.20. The molecule has 6 nitrogen and oxygen atoms in total. The standard InChI is InChI=1S/C8H7B2F3N2O4S/c1-2-3(8(11,12)13)5(10(18)19)7-6(14-20-15-7)4(2)9(16)17/h16-19H,1H3. The Kier molecular flexibility index (Phi) is 3.77. The van der Waals surface area contributed by atoms with Gasteiger partial charge in [-0.1, -0.05) is 0 Å². The van der Waals surface area contributed by atoms with Crippen molar-refractivity contribution in [3.63, 3.8) is 0 Å². The van der Waals surface area contributed by atoms with Gasteiger partial charge in [0.05, 0.1) is 17.3 Å². The predicted octanol–water partition coefficient (Wildman–Crippen LogP) is -1.62. The minimum atomic E-state index is -4.91. The molecule has 0 radical (unpaired) electrons. The number of nitrogens with zero attached hydrogens (tertiary/aromatic N) is 2. The molecule has 2 aromatic rings. The first-order valence-corrected chi connectivity index (χ1v) is 5.97. The van der Waals surface area contributed by atoms with Crippen LogP contribution in [0.15, 0.2) is 0 Å². The van der Waals surface area contributed by atoms with E-state index in [-0.39, 0.29) is 5.52 Å². The van der Waals surface area contributed by atoms with E-state index in [2.05, 4.69) is 8.75 Å². The quantitative estimate of drug-likeness (QED) is 0.497. The van der Waals surface area contributed by atoms with E-state index in [9.17, 15) is 33.3 Å². The maximum atomic E-state index is 13.1. The second-order valence-corrected chi connectivity index (χ2v) is 4.56. The van der Waals surface area contributed by atoms with E-state index in [1.54, 1.807) is 0 Å². The van der Waals surface area contributed by atoms with Gasteiger partial charge in [-0.25, -0.2) is 0 Å². The van der Waals surface area contributed by atoms with Crippen LogP contribution >= 0.6 is 11.7 Å². The fourth-order valence-corrected chi connectivity index (χ4v) is 2.68. The number of halogens is 3. The molecule has 2 rings (SSSR count). The Morgan fingerprint density at radius 1 is 0.950 bits per heavy atom. The lowest BCUT2D eigenvalue weighted by molar-refractivity contribution is -0.137. The van der Waals surface area contributed by atoms with Crippen molar-refractivity contribution >= 4 is 47.9 Å². The topological polar surface area (TPSA) is 107 Å². The van der Waals surface area contributed by atoms with Crippen molar-refractivity contribution < 1.29 is 33.3 Å². The molecule has 0 amide bonds. The van der Waals surface area contributed by atoms with Gasteiger partial charge in [-0.3, -0.25) is 0 Å². The Morgan fingerprint density at radius 2 is 1.40 bits per heavy atom. The van der Waals surface area contributed by atoms with Gasteiger partial charge in [0.2, 0.25) is 0 Å². The van der Waals surface area contributed by atoms with Crippen LogP contribution in [0.5, 0.6) is 0 Å². The molecular weight excluding hydrogens is 299 g/mol. The third-order valence-corrected chi connectivity index (χ3v) is 3.38. The van der Waals surface area contributed by atoms with Gasteiger partial charge in [0.15, 0.2) is 0 Å². The lowest BCUT2D eigenvalue weighted by Crippen LogP contribution is -2.43. The summed E-state index contributed by atoms with van der Waals surface area (Å²) in [7, 11) is -4.60. The van der Waals surface area contributed by atoms with E-state index >= 15 is 0 Å². The van der Waals surface area contributed by atoms with Crippen molar-refractivity contribution in [3.05, 3.63) is 11.1 Å². The highest BCUT2D eigenvalue weighted by atomic mass is 32.1. The molecule has 12 heteroatoms. The smallest absolute Gasteiger partial charge is 0.423 e. The van der Waals surface area contributed by atoms with E-state index in [4.69, 9.17) is 0 Å². The van der Waals surface area contributed by atoms with Gasteiger partial charge >= 0.3 is 20.4 Å². The summed E-state index contributed by atoms with van der Waals surface area (Å²) in [6, 6.07) is 0. The number of rotatable bonds is 2. The third kappa shape index (κ3) is 2.29. The molecule has 20 heavy (non-hydrogen) atoms. The fourth-order valence-electron chi connectivity index (χ4n) is 2.11. The van der Waals surface area contributed by atoms with Crippen molar-refractivity contribution in [3.8, 4) is 0 Å². The lowest BCUT2D eigenvalue weighted by atomic mass is 9.68. The monoisotopic (exact) mass is 306 g/mol. The molecule has 0 atom stereocenters. The highest BCUT2D eigenvalue weighted by molar-refractivity contribution is 7.00. The molecule has 0 aliphatic carbocycles. The van der Waals surface area contributed by atoms with Gasteiger partial charge in [0.25, 0.3) is 0 Å².